The van der Waals surface area contributed by atoms with Gasteiger partial charge in [-0.1, -0.05) is 6.07 Å². The Morgan fingerprint density at radius 2 is 2.11 bits per heavy atom. The molecule has 18 heavy (non-hydrogen) atoms. The van der Waals surface area contributed by atoms with E-state index in [-0.39, 0.29) is 24.8 Å². The van der Waals surface area contributed by atoms with Gasteiger partial charge in [-0.25, -0.2) is 9.59 Å². The molecule has 0 fully saturated rings. The molecule has 2 N–H and O–H groups in total. The lowest BCUT2D eigenvalue weighted by atomic mass is 10.0. The summed E-state index contributed by atoms with van der Waals surface area (Å²) in [5, 5.41) is 18.0. The molecule has 1 amide bonds. The lowest BCUT2D eigenvalue weighted by Crippen LogP contribution is -2.33. The molecule has 1 aromatic rings. The first-order chi connectivity index (χ1) is 8.50. The lowest BCUT2D eigenvalue weighted by Gasteiger charge is -2.23. The zero-order valence-electron chi connectivity index (χ0n) is 9.79. The summed E-state index contributed by atoms with van der Waals surface area (Å²) in [4.78, 5) is 23.2. The van der Waals surface area contributed by atoms with Crippen molar-refractivity contribution in [2.75, 3.05) is 13.2 Å². The number of carboxylic acids is 1. The number of ether oxygens (including phenoxy) is 1. The van der Waals surface area contributed by atoms with Gasteiger partial charge < -0.3 is 14.9 Å². The van der Waals surface area contributed by atoms with E-state index < -0.39 is 12.1 Å². The number of rotatable bonds is 1. The Hall–Kier alpha value is -2.24. The van der Waals surface area contributed by atoms with Crippen LogP contribution in [0.5, 0.6) is 5.75 Å². The largest absolute Gasteiger partial charge is 0.491 e. The van der Waals surface area contributed by atoms with Gasteiger partial charge in [0.05, 0.1) is 18.2 Å². The molecule has 1 aliphatic rings. The van der Waals surface area contributed by atoms with E-state index in [2.05, 4.69) is 0 Å². The van der Waals surface area contributed by atoms with Crippen molar-refractivity contribution < 1.29 is 24.5 Å². The monoisotopic (exact) mass is 251 g/mol. The quantitative estimate of drug-likeness (QED) is 0.794. The Morgan fingerprint density at radius 1 is 1.39 bits per heavy atom. The van der Waals surface area contributed by atoms with Crippen molar-refractivity contribution in [1.82, 2.24) is 4.90 Å². The Kier molecular flexibility index (Phi) is 3.10. The predicted octanol–water partition coefficient (Wildman–Crippen LogP) is 1.82. The molecule has 2 rings (SSSR count). The topological polar surface area (TPSA) is 87.1 Å². The number of hydrogen-bond acceptors (Lipinski definition) is 3. The Bertz CT molecular complexity index is 499. The summed E-state index contributed by atoms with van der Waals surface area (Å²) in [5.74, 6) is -0.598. The summed E-state index contributed by atoms with van der Waals surface area (Å²) in [5.41, 5.74) is 0.810. The first-order valence-corrected chi connectivity index (χ1v) is 5.50. The van der Waals surface area contributed by atoms with Crippen LogP contribution in [0.15, 0.2) is 18.2 Å². The van der Waals surface area contributed by atoms with Crippen molar-refractivity contribution >= 4 is 12.1 Å². The maximum atomic E-state index is 11.1. The fourth-order valence-corrected chi connectivity index (χ4v) is 2.01. The number of fused-ring (bicyclic) bond motifs is 1. The summed E-state index contributed by atoms with van der Waals surface area (Å²) in [7, 11) is 0. The number of hydrogen-bond donors (Lipinski definition) is 2. The molecule has 1 aromatic carbocycles. The van der Waals surface area contributed by atoms with Crippen LogP contribution in [-0.2, 0) is 0 Å². The van der Waals surface area contributed by atoms with E-state index in [0.717, 1.165) is 0 Å². The van der Waals surface area contributed by atoms with Gasteiger partial charge in [0.1, 0.15) is 12.4 Å². The van der Waals surface area contributed by atoms with Crippen molar-refractivity contribution in [2.45, 2.75) is 13.0 Å². The van der Waals surface area contributed by atoms with Crippen molar-refractivity contribution in [3.63, 3.8) is 0 Å². The van der Waals surface area contributed by atoms with Gasteiger partial charge in [-0.05, 0) is 19.1 Å². The summed E-state index contributed by atoms with van der Waals surface area (Å²) in [6.07, 6.45) is -1.01. The van der Waals surface area contributed by atoms with Gasteiger partial charge in [0.2, 0.25) is 0 Å². The molecule has 0 aromatic heterocycles. The Morgan fingerprint density at radius 3 is 2.72 bits per heavy atom. The smallest absolute Gasteiger partial charge is 0.407 e. The summed E-state index contributed by atoms with van der Waals surface area (Å²) in [6.45, 7) is 2.22. The second-order valence-electron chi connectivity index (χ2n) is 4.06. The minimum atomic E-state index is -1.03. The average Bonchev–Trinajstić information content (AvgIpc) is 2.48. The van der Waals surface area contributed by atoms with Gasteiger partial charge in [-0.3, -0.25) is 4.90 Å². The van der Waals surface area contributed by atoms with Crippen molar-refractivity contribution in [1.29, 1.82) is 0 Å². The third-order valence-electron chi connectivity index (χ3n) is 3.01. The highest BCUT2D eigenvalue weighted by atomic mass is 16.5. The first kappa shape index (κ1) is 12.2. The molecular formula is C12H13NO5. The van der Waals surface area contributed by atoms with E-state index in [1.807, 2.05) is 0 Å². The third kappa shape index (κ3) is 2.09. The van der Waals surface area contributed by atoms with Crippen LogP contribution < -0.4 is 4.74 Å². The SMILES string of the molecule is C[C@@H]1c2ccc(C(=O)O)cc2OCCN1C(=O)O. The summed E-state index contributed by atoms with van der Waals surface area (Å²) >= 11 is 0. The van der Waals surface area contributed by atoms with Crippen molar-refractivity contribution in [3.05, 3.63) is 29.3 Å². The van der Waals surface area contributed by atoms with Gasteiger partial charge in [0.15, 0.2) is 0 Å². The normalized spacial score (nSPS) is 18.5. The number of carbonyl (C=O) groups is 2. The predicted molar refractivity (Wildman–Crippen MR) is 62.0 cm³/mol. The Balaban J connectivity index is 2.42. The molecule has 1 aliphatic heterocycles. The summed E-state index contributed by atoms with van der Waals surface area (Å²) in [6, 6.07) is 4.12. The molecule has 0 unspecified atom stereocenters. The van der Waals surface area contributed by atoms with E-state index in [0.29, 0.717) is 11.3 Å². The molecule has 96 valence electrons. The molecule has 1 heterocycles. The lowest BCUT2D eigenvalue weighted by molar-refractivity contribution is 0.0696. The second-order valence-corrected chi connectivity index (χ2v) is 4.06. The highest BCUT2D eigenvalue weighted by Gasteiger charge is 2.26. The van der Waals surface area contributed by atoms with Gasteiger partial charge in [0, 0.05) is 5.56 Å². The van der Waals surface area contributed by atoms with Crippen LogP contribution in [0.2, 0.25) is 0 Å². The van der Waals surface area contributed by atoms with E-state index >= 15 is 0 Å². The van der Waals surface area contributed by atoms with E-state index in [1.54, 1.807) is 13.0 Å². The highest BCUT2D eigenvalue weighted by molar-refractivity contribution is 5.88. The van der Waals surface area contributed by atoms with Crippen molar-refractivity contribution in [3.8, 4) is 5.75 Å². The van der Waals surface area contributed by atoms with Gasteiger partial charge in [0.25, 0.3) is 0 Å². The second kappa shape index (κ2) is 4.56. The Labute approximate surface area is 103 Å². The van der Waals surface area contributed by atoms with Gasteiger partial charge in [-0.15, -0.1) is 0 Å². The zero-order chi connectivity index (χ0) is 13.3. The molecular weight excluding hydrogens is 238 g/mol. The molecule has 6 nitrogen and oxygen atoms in total. The molecule has 0 saturated carbocycles. The van der Waals surface area contributed by atoms with E-state index in [1.165, 1.54) is 17.0 Å². The van der Waals surface area contributed by atoms with Gasteiger partial charge >= 0.3 is 12.1 Å². The fourth-order valence-electron chi connectivity index (χ4n) is 2.01. The highest BCUT2D eigenvalue weighted by Crippen LogP contribution is 2.32. The van der Waals surface area contributed by atoms with Crippen LogP contribution in [-0.4, -0.2) is 40.3 Å². The molecule has 6 heteroatoms. The average molecular weight is 251 g/mol. The van der Waals surface area contributed by atoms with Crippen LogP contribution >= 0.6 is 0 Å². The number of nitrogens with zero attached hydrogens (tertiary/aromatic N) is 1. The first-order valence-electron chi connectivity index (χ1n) is 5.50. The number of carboxylic acid groups (broad SMARTS) is 2. The molecule has 0 spiro atoms. The minimum Gasteiger partial charge on any atom is -0.491 e. The van der Waals surface area contributed by atoms with Crippen LogP contribution in [0.3, 0.4) is 0 Å². The maximum absolute atomic E-state index is 11.1. The standard InChI is InChI=1S/C12H13NO5/c1-7-9-3-2-8(11(14)15)6-10(9)18-5-4-13(7)12(16)17/h2-3,6-7H,4-5H2,1H3,(H,14,15)(H,16,17)/t7-/m1/s1. The van der Waals surface area contributed by atoms with Crippen LogP contribution in [0.1, 0.15) is 28.9 Å². The summed E-state index contributed by atoms with van der Waals surface area (Å²) < 4.78 is 5.42. The third-order valence-corrected chi connectivity index (χ3v) is 3.01. The number of benzene rings is 1. The van der Waals surface area contributed by atoms with Crippen LogP contribution in [0, 0.1) is 0 Å². The molecule has 0 aliphatic carbocycles. The van der Waals surface area contributed by atoms with E-state index in [9.17, 15) is 9.59 Å². The zero-order valence-corrected chi connectivity index (χ0v) is 9.79. The van der Waals surface area contributed by atoms with Crippen LogP contribution in [0.25, 0.3) is 0 Å². The molecule has 0 saturated heterocycles. The van der Waals surface area contributed by atoms with Crippen molar-refractivity contribution in [2.24, 2.45) is 0 Å². The van der Waals surface area contributed by atoms with Crippen LogP contribution in [0.4, 0.5) is 4.79 Å². The molecule has 1 atom stereocenters. The fraction of sp³-hybridized carbons (Fsp3) is 0.333. The van der Waals surface area contributed by atoms with E-state index in [4.69, 9.17) is 14.9 Å². The van der Waals surface area contributed by atoms with Gasteiger partial charge in [-0.2, -0.15) is 0 Å². The molecule has 0 radical (unpaired) electrons. The minimum absolute atomic E-state index is 0.129. The molecule has 0 bridgehead atoms. The number of amides is 1. The number of aromatic carboxylic acids is 1. The maximum Gasteiger partial charge on any atom is 0.407 e.